The van der Waals surface area contributed by atoms with Crippen molar-refractivity contribution in [1.82, 2.24) is 0 Å². The van der Waals surface area contributed by atoms with Crippen molar-refractivity contribution in [3.8, 4) is 0 Å². The van der Waals surface area contributed by atoms with Crippen LogP contribution in [0.15, 0.2) is 24.3 Å². The number of carbonyl (C=O) groups excluding carboxylic acids is 3. The van der Waals surface area contributed by atoms with E-state index in [2.05, 4.69) is 9.47 Å². The summed E-state index contributed by atoms with van der Waals surface area (Å²) in [4.78, 5) is 34.2. The maximum Gasteiger partial charge on any atom is 0.346 e. The third-order valence-electron chi connectivity index (χ3n) is 2.19. The zero-order valence-corrected chi connectivity index (χ0v) is 10.0. The zero-order valence-electron chi connectivity index (χ0n) is 10.0. The highest BCUT2D eigenvalue weighted by Crippen LogP contribution is 2.12. The van der Waals surface area contributed by atoms with Gasteiger partial charge in [-0.05, 0) is 12.1 Å². The first-order valence-corrected chi connectivity index (χ1v) is 5.23. The Labute approximate surface area is 108 Å². The Morgan fingerprint density at radius 3 is 2.16 bits per heavy atom. The molecule has 0 saturated heterocycles. The highest BCUT2D eigenvalue weighted by Gasteiger charge is 2.24. The Hall–Kier alpha value is -2.25. The number of hydrogen-bond donors (Lipinski definition) is 2. The first kappa shape index (κ1) is 14.8. The Kier molecular flexibility index (Phi) is 5.16. The predicted octanol–water partition coefficient (Wildman–Crippen LogP) is -0.490. The first-order valence-electron chi connectivity index (χ1n) is 5.23. The molecule has 0 saturated carbocycles. The number of benzene rings is 1. The molecule has 1 rings (SSSR count). The van der Waals surface area contributed by atoms with Crippen molar-refractivity contribution < 1.29 is 34.1 Å². The molecular formula is C12H12O7. The summed E-state index contributed by atoms with van der Waals surface area (Å²) in [5, 5.41) is 17.5. The van der Waals surface area contributed by atoms with Crippen LogP contribution < -0.4 is 0 Å². The summed E-state index contributed by atoms with van der Waals surface area (Å²) in [5.41, 5.74) is -0.242. The molecule has 0 aliphatic rings. The van der Waals surface area contributed by atoms with Crippen LogP contribution >= 0.6 is 0 Å². The largest absolute Gasteiger partial charge is 0.465 e. The topological polar surface area (TPSA) is 110 Å². The Morgan fingerprint density at radius 2 is 1.68 bits per heavy atom. The van der Waals surface area contributed by atoms with Gasteiger partial charge >= 0.3 is 17.9 Å². The molecule has 0 aromatic heterocycles. The van der Waals surface area contributed by atoms with E-state index in [1.807, 2.05) is 0 Å². The third-order valence-corrected chi connectivity index (χ3v) is 2.19. The van der Waals surface area contributed by atoms with Gasteiger partial charge in [0.2, 0.25) is 0 Å². The van der Waals surface area contributed by atoms with Gasteiger partial charge in [-0.25, -0.2) is 14.4 Å². The molecule has 0 aliphatic carbocycles. The molecule has 0 heterocycles. The quantitative estimate of drug-likeness (QED) is 0.560. The molecule has 0 amide bonds. The fraction of sp³-hybridized carbons (Fsp3) is 0.250. The van der Waals surface area contributed by atoms with Crippen molar-refractivity contribution in [3.05, 3.63) is 35.4 Å². The van der Waals surface area contributed by atoms with Gasteiger partial charge in [0.25, 0.3) is 0 Å². The van der Waals surface area contributed by atoms with E-state index < -0.39 is 30.6 Å². The van der Waals surface area contributed by atoms with Gasteiger partial charge in [-0.1, -0.05) is 12.1 Å². The van der Waals surface area contributed by atoms with E-state index in [4.69, 9.17) is 10.2 Å². The molecule has 0 aliphatic heterocycles. The Balaban J connectivity index is 2.94. The monoisotopic (exact) mass is 268 g/mol. The van der Waals surface area contributed by atoms with Crippen LogP contribution in [0.5, 0.6) is 0 Å². The fourth-order valence-corrected chi connectivity index (χ4v) is 1.24. The average molecular weight is 268 g/mol. The van der Waals surface area contributed by atoms with Crippen LogP contribution in [0.25, 0.3) is 0 Å². The molecule has 0 bridgehead atoms. The highest BCUT2D eigenvalue weighted by atomic mass is 16.6. The molecule has 0 spiro atoms. The summed E-state index contributed by atoms with van der Waals surface area (Å²) < 4.78 is 8.81. The summed E-state index contributed by atoms with van der Waals surface area (Å²) in [5.74, 6) is -3.17. The molecule has 1 aromatic rings. The minimum Gasteiger partial charge on any atom is -0.465 e. The summed E-state index contributed by atoms with van der Waals surface area (Å²) in [6.45, 7) is -0.870. The zero-order chi connectivity index (χ0) is 14.4. The van der Waals surface area contributed by atoms with Crippen LogP contribution in [0.4, 0.5) is 0 Å². The van der Waals surface area contributed by atoms with Crippen LogP contribution in [0, 0.1) is 0 Å². The highest BCUT2D eigenvalue weighted by molar-refractivity contribution is 6.06. The lowest BCUT2D eigenvalue weighted by Gasteiger charge is -2.08. The van der Waals surface area contributed by atoms with Gasteiger partial charge in [0.1, 0.15) is 0 Å². The number of rotatable bonds is 4. The fourth-order valence-electron chi connectivity index (χ4n) is 1.24. The standard InChI is InChI=1S/C12H12O7/c1-18-10(15)7-4-2-3-5-8(7)11(16)19-12(17)9(14)6-13/h2-5,9,13-14H,6H2,1H3. The van der Waals surface area contributed by atoms with Gasteiger partial charge < -0.3 is 19.7 Å². The summed E-state index contributed by atoms with van der Waals surface area (Å²) in [6.07, 6.45) is -1.81. The van der Waals surface area contributed by atoms with Crippen molar-refractivity contribution in [3.63, 3.8) is 0 Å². The van der Waals surface area contributed by atoms with E-state index >= 15 is 0 Å². The molecule has 0 radical (unpaired) electrons. The molecule has 102 valence electrons. The number of hydrogen-bond acceptors (Lipinski definition) is 7. The maximum absolute atomic E-state index is 11.7. The Bertz CT molecular complexity index is 495. The second-order valence-electron chi connectivity index (χ2n) is 3.44. The molecule has 7 nitrogen and oxygen atoms in total. The Morgan fingerprint density at radius 1 is 1.16 bits per heavy atom. The van der Waals surface area contributed by atoms with Crippen molar-refractivity contribution in [1.29, 1.82) is 0 Å². The lowest BCUT2D eigenvalue weighted by atomic mass is 10.1. The van der Waals surface area contributed by atoms with Gasteiger partial charge in [-0.15, -0.1) is 0 Å². The maximum atomic E-state index is 11.7. The number of methoxy groups -OCH3 is 1. The second kappa shape index (κ2) is 6.62. The van der Waals surface area contributed by atoms with Crippen molar-refractivity contribution in [2.75, 3.05) is 13.7 Å². The van der Waals surface area contributed by atoms with E-state index in [9.17, 15) is 14.4 Å². The van der Waals surface area contributed by atoms with Gasteiger partial charge in [-0.2, -0.15) is 0 Å². The van der Waals surface area contributed by atoms with Gasteiger partial charge in [0.15, 0.2) is 6.10 Å². The van der Waals surface area contributed by atoms with E-state index in [0.29, 0.717) is 0 Å². The van der Waals surface area contributed by atoms with E-state index in [0.717, 1.165) is 7.11 Å². The summed E-state index contributed by atoms with van der Waals surface area (Å²) >= 11 is 0. The number of aliphatic hydroxyl groups is 2. The van der Waals surface area contributed by atoms with E-state index in [1.165, 1.54) is 24.3 Å². The first-order chi connectivity index (χ1) is 9.01. The molecule has 7 heteroatoms. The molecule has 0 fully saturated rings. The van der Waals surface area contributed by atoms with E-state index in [-0.39, 0.29) is 11.1 Å². The second-order valence-corrected chi connectivity index (χ2v) is 3.44. The minimum atomic E-state index is -1.81. The van der Waals surface area contributed by atoms with Gasteiger partial charge in [-0.3, -0.25) is 0 Å². The van der Waals surface area contributed by atoms with E-state index in [1.54, 1.807) is 0 Å². The average Bonchev–Trinajstić information content (AvgIpc) is 2.45. The minimum absolute atomic E-state index is 0.0683. The van der Waals surface area contributed by atoms with Crippen LogP contribution in [0.2, 0.25) is 0 Å². The van der Waals surface area contributed by atoms with Crippen molar-refractivity contribution in [2.45, 2.75) is 6.10 Å². The molecule has 19 heavy (non-hydrogen) atoms. The van der Waals surface area contributed by atoms with Crippen molar-refractivity contribution in [2.24, 2.45) is 0 Å². The number of ether oxygens (including phenoxy) is 2. The lowest BCUT2D eigenvalue weighted by Crippen LogP contribution is -2.29. The van der Waals surface area contributed by atoms with Crippen LogP contribution in [-0.4, -0.2) is 47.9 Å². The van der Waals surface area contributed by atoms with Crippen LogP contribution in [0.3, 0.4) is 0 Å². The SMILES string of the molecule is COC(=O)c1ccccc1C(=O)OC(=O)C(O)CO. The normalized spacial score (nSPS) is 11.5. The smallest absolute Gasteiger partial charge is 0.346 e. The van der Waals surface area contributed by atoms with Crippen LogP contribution in [-0.2, 0) is 14.3 Å². The van der Waals surface area contributed by atoms with Gasteiger partial charge in [0, 0.05) is 0 Å². The number of carbonyl (C=O) groups is 3. The number of aliphatic hydroxyl groups excluding tert-OH is 2. The van der Waals surface area contributed by atoms with Crippen LogP contribution in [0.1, 0.15) is 20.7 Å². The lowest BCUT2D eigenvalue weighted by molar-refractivity contribution is -0.149. The number of esters is 3. The molecular weight excluding hydrogens is 256 g/mol. The summed E-state index contributed by atoms with van der Waals surface area (Å²) in [7, 11) is 1.14. The third kappa shape index (κ3) is 3.60. The summed E-state index contributed by atoms with van der Waals surface area (Å²) in [6, 6.07) is 5.58. The molecule has 2 N–H and O–H groups in total. The van der Waals surface area contributed by atoms with Gasteiger partial charge in [0.05, 0.1) is 24.8 Å². The molecule has 1 atom stereocenters. The molecule has 1 aromatic carbocycles. The predicted molar refractivity (Wildman–Crippen MR) is 61.3 cm³/mol. The molecule has 1 unspecified atom stereocenters. The van der Waals surface area contributed by atoms with Crippen molar-refractivity contribution >= 4 is 17.9 Å².